The average molecular weight is 402 g/mol. The molecule has 28 heavy (non-hydrogen) atoms. The third-order valence-corrected chi connectivity index (χ3v) is 6.89. The number of nitrogens with zero attached hydrogens (tertiary/aromatic N) is 1. The van der Waals surface area contributed by atoms with Gasteiger partial charge in [0, 0.05) is 37.4 Å². The Balaban J connectivity index is 1.57. The number of carbonyl (C=O) groups excluding carboxylic acids is 2. The summed E-state index contributed by atoms with van der Waals surface area (Å²) in [6, 6.07) is 7.83. The molecule has 2 aromatic rings. The van der Waals surface area contributed by atoms with Crippen LogP contribution in [0.4, 0.5) is 10.1 Å². The van der Waals surface area contributed by atoms with E-state index in [2.05, 4.69) is 5.32 Å². The second kappa shape index (κ2) is 7.64. The molecule has 1 atom stereocenters. The van der Waals surface area contributed by atoms with Gasteiger partial charge >= 0.3 is 0 Å². The number of carbonyl (C=O) groups is 2. The molecule has 148 valence electrons. The second-order valence-electron chi connectivity index (χ2n) is 7.65. The van der Waals surface area contributed by atoms with Crippen LogP contribution < -0.4 is 5.32 Å². The summed E-state index contributed by atoms with van der Waals surface area (Å²) >= 11 is 1.44. The first-order valence-corrected chi connectivity index (χ1v) is 10.3. The van der Waals surface area contributed by atoms with Crippen molar-refractivity contribution < 1.29 is 18.7 Å². The summed E-state index contributed by atoms with van der Waals surface area (Å²) in [6.07, 6.45) is 1.48. The summed E-state index contributed by atoms with van der Waals surface area (Å²) in [5.74, 6) is -0.913. The number of aryl methyl sites for hydroxylation is 1. The van der Waals surface area contributed by atoms with Gasteiger partial charge in [0.1, 0.15) is 5.82 Å². The molecule has 4 rings (SSSR count). The van der Waals surface area contributed by atoms with E-state index in [0.717, 1.165) is 23.3 Å². The number of thiophene rings is 1. The lowest BCUT2D eigenvalue weighted by atomic mass is 9.71. The summed E-state index contributed by atoms with van der Waals surface area (Å²) in [6.45, 7) is 4.02. The van der Waals surface area contributed by atoms with Crippen molar-refractivity contribution in [3.05, 3.63) is 52.0 Å². The zero-order valence-electron chi connectivity index (χ0n) is 15.7. The Morgan fingerprint density at radius 2 is 2.07 bits per heavy atom. The predicted octanol–water partition coefficient (Wildman–Crippen LogP) is 3.70. The first kappa shape index (κ1) is 19.1. The zero-order chi connectivity index (χ0) is 19.7. The minimum atomic E-state index is -0.394. The Morgan fingerprint density at radius 3 is 2.75 bits per heavy atom. The van der Waals surface area contributed by atoms with E-state index in [1.54, 1.807) is 17.0 Å². The summed E-state index contributed by atoms with van der Waals surface area (Å²) in [4.78, 5) is 28.7. The van der Waals surface area contributed by atoms with E-state index in [4.69, 9.17) is 4.74 Å². The maximum absolute atomic E-state index is 13.5. The van der Waals surface area contributed by atoms with Gasteiger partial charge in [-0.1, -0.05) is 6.07 Å². The van der Waals surface area contributed by atoms with Crippen molar-refractivity contribution in [2.45, 2.75) is 19.8 Å². The first-order chi connectivity index (χ1) is 13.5. The van der Waals surface area contributed by atoms with Crippen LogP contribution >= 0.6 is 11.3 Å². The lowest BCUT2D eigenvalue weighted by molar-refractivity contribution is -0.124. The van der Waals surface area contributed by atoms with E-state index in [9.17, 15) is 14.0 Å². The third kappa shape index (κ3) is 3.56. The van der Waals surface area contributed by atoms with Crippen LogP contribution in [-0.2, 0) is 9.53 Å². The van der Waals surface area contributed by atoms with E-state index >= 15 is 0 Å². The van der Waals surface area contributed by atoms with E-state index in [1.807, 2.05) is 18.4 Å². The summed E-state index contributed by atoms with van der Waals surface area (Å²) in [5, 5.41) is 4.76. The Morgan fingerprint density at radius 1 is 1.29 bits per heavy atom. The number of rotatable bonds is 3. The van der Waals surface area contributed by atoms with Crippen LogP contribution in [0.3, 0.4) is 0 Å². The molecule has 0 saturated carbocycles. The zero-order valence-corrected chi connectivity index (χ0v) is 16.6. The van der Waals surface area contributed by atoms with Gasteiger partial charge in [-0.25, -0.2) is 4.39 Å². The highest BCUT2D eigenvalue weighted by Crippen LogP contribution is 2.45. The number of benzene rings is 1. The molecular weight excluding hydrogens is 379 g/mol. The van der Waals surface area contributed by atoms with E-state index in [-0.39, 0.29) is 23.1 Å². The van der Waals surface area contributed by atoms with Crippen LogP contribution in [0.15, 0.2) is 35.7 Å². The smallest absolute Gasteiger partial charge is 0.264 e. The molecule has 0 unspecified atom stereocenters. The van der Waals surface area contributed by atoms with Crippen LogP contribution in [0.25, 0.3) is 0 Å². The Labute approximate surface area is 167 Å². The fourth-order valence-electron chi connectivity index (χ4n) is 4.30. The number of nitrogens with one attached hydrogen (secondary N) is 1. The van der Waals surface area contributed by atoms with Gasteiger partial charge in [-0.3, -0.25) is 9.59 Å². The molecule has 2 amide bonds. The number of ether oxygens (including phenoxy) is 1. The van der Waals surface area contributed by atoms with Crippen molar-refractivity contribution in [1.82, 2.24) is 4.90 Å². The quantitative estimate of drug-likeness (QED) is 0.852. The van der Waals surface area contributed by atoms with Crippen molar-refractivity contribution in [3.63, 3.8) is 0 Å². The average Bonchev–Trinajstić information content (AvgIpc) is 3.26. The van der Waals surface area contributed by atoms with Gasteiger partial charge in [0.15, 0.2) is 0 Å². The van der Waals surface area contributed by atoms with Gasteiger partial charge in [-0.15, -0.1) is 11.3 Å². The van der Waals surface area contributed by atoms with Gasteiger partial charge in [-0.05, 0) is 55.0 Å². The molecule has 1 aromatic heterocycles. The van der Waals surface area contributed by atoms with Crippen LogP contribution in [0.1, 0.15) is 28.1 Å². The monoisotopic (exact) mass is 402 g/mol. The van der Waals surface area contributed by atoms with Gasteiger partial charge < -0.3 is 15.0 Å². The molecule has 0 bridgehead atoms. The van der Waals surface area contributed by atoms with Crippen molar-refractivity contribution >= 4 is 28.8 Å². The van der Waals surface area contributed by atoms with Gasteiger partial charge in [0.25, 0.3) is 5.91 Å². The highest BCUT2D eigenvalue weighted by Gasteiger charge is 2.52. The van der Waals surface area contributed by atoms with Crippen molar-refractivity contribution in [2.24, 2.45) is 11.3 Å². The largest absolute Gasteiger partial charge is 0.381 e. The number of halogens is 1. The molecule has 2 saturated heterocycles. The van der Waals surface area contributed by atoms with Crippen LogP contribution in [0, 0.1) is 24.1 Å². The Kier molecular flexibility index (Phi) is 5.21. The summed E-state index contributed by atoms with van der Waals surface area (Å²) in [5.41, 5.74) is 1.10. The van der Waals surface area contributed by atoms with Crippen molar-refractivity contribution in [3.8, 4) is 0 Å². The second-order valence-corrected chi connectivity index (χ2v) is 8.56. The van der Waals surface area contributed by atoms with Gasteiger partial charge in [-0.2, -0.15) is 0 Å². The molecular formula is C21H23FN2O3S. The molecule has 1 N–H and O–H groups in total. The van der Waals surface area contributed by atoms with E-state index in [1.165, 1.54) is 23.5 Å². The number of hydrogen-bond acceptors (Lipinski definition) is 4. The SMILES string of the molecule is Cc1ccsc1C(=O)N1C[C@H](C(=O)Nc2cccc(F)c2)C2(CCOCC2)C1. The fraction of sp³-hybridized carbons (Fsp3) is 0.429. The molecule has 1 spiro atoms. The molecule has 2 aliphatic heterocycles. The molecule has 3 heterocycles. The van der Waals surface area contributed by atoms with E-state index in [0.29, 0.717) is 32.0 Å². The summed E-state index contributed by atoms with van der Waals surface area (Å²) in [7, 11) is 0. The molecule has 7 heteroatoms. The maximum Gasteiger partial charge on any atom is 0.264 e. The van der Waals surface area contributed by atoms with Crippen LogP contribution in [0.2, 0.25) is 0 Å². The standard InChI is InChI=1S/C21H23FN2O3S/c1-14-5-10-28-18(14)20(26)24-12-17(21(13-24)6-8-27-9-7-21)19(25)23-16-4-2-3-15(22)11-16/h2-5,10-11,17H,6-9,12-13H2,1H3,(H,23,25)/t17-/m1/s1. The van der Waals surface area contributed by atoms with E-state index < -0.39 is 5.82 Å². The molecule has 5 nitrogen and oxygen atoms in total. The molecule has 0 aliphatic carbocycles. The summed E-state index contributed by atoms with van der Waals surface area (Å²) < 4.78 is 19.0. The van der Waals surface area contributed by atoms with Gasteiger partial charge in [0.2, 0.25) is 5.91 Å². The molecule has 1 aromatic carbocycles. The number of anilines is 1. The van der Waals surface area contributed by atoms with Crippen molar-refractivity contribution in [1.29, 1.82) is 0 Å². The fourth-order valence-corrected chi connectivity index (χ4v) is 5.19. The highest BCUT2D eigenvalue weighted by atomic mass is 32.1. The topological polar surface area (TPSA) is 58.6 Å². The molecule has 0 radical (unpaired) electrons. The highest BCUT2D eigenvalue weighted by molar-refractivity contribution is 7.12. The maximum atomic E-state index is 13.5. The predicted molar refractivity (Wildman–Crippen MR) is 106 cm³/mol. The normalized spacial score (nSPS) is 21.1. The number of likely N-dealkylation sites (tertiary alicyclic amines) is 1. The number of amides is 2. The first-order valence-electron chi connectivity index (χ1n) is 9.46. The molecule has 2 aliphatic rings. The number of hydrogen-bond donors (Lipinski definition) is 1. The lowest BCUT2D eigenvalue weighted by Crippen LogP contribution is -2.42. The minimum absolute atomic E-state index is 0.0144. The van der Waals surface area contributed by atoms with Crippen LogP contribution in [-0.4, -0.2) is 43.0 Å². The minimum Gasteiger partial charge on any atom is -0.381 e. The van der Waals surface area contributed by atoms with Gasteiger partial charge in [0.05, 0.1) is 10.8 Å². The third-order valence-electron chi connectivity index (χ3n) is 5.89. The lowest BCUT2D eigenvalue weighted by Gasteiger charge is -2.37. The van der Waals surface area contributed by atoms with Crippen molar-refractivity contribution in [2.75, 3.05) is 31.6 Å². The molecule has 2 fully saturated rings. The van der Waals surface area contributed by atoms with Crippen LogP contribution in [0.5, 0.6) is 0 Å². The Bertz CT molecular complexity index is 891. The Hall–Kier alpha value is -2.25.